The molecule has 1 saturated heterocycles. The maximum absolute atomic E-state index is 13.6. The van der Waals surface area contributed by atoms with E-state index >= 15 is 0 Å². The quantitative estimate of drug-likeness (QED) is 0.342. The summed E-state index contributed by atoms with van der Waals surface area (Å²) in [6.45, 7) is 6.11. The lowest BCUT2D eigenvalue weighted by Crippen LogP contribution is -2.44. The highest BCUT2D eigenvalue weighted by Crippen LogP contribution is 2.34. The Morgan fingerprint density at radius 1 is 1.20 bits per heavy atom. The molecule has 1 fully saturated rings. The summed E-state index contributed by atoms with van der Waals surface area (Å²) in [5.41, 5.74) is 3.60. The van der Waals surface area contributed by atoms with Crippen molar-refractivity contribution in [3.05, 3.63) is 75.1 Å². The monoisotopic (exact) mass is 525 g/mol. The predicted octanol–water partition coefficient (Wildman–Crippen LogP) is 6.08. The molecule has 1 N–H and O–H groups in total. The second kappa shape index (κ2) is 9.68. The van der Waals surface area contributed by atoms with Gasteiger partial charge in [-0.3, -0.25) is 9.59 Å². The highest BCUT2D eigenvalue weighted by atomic mass is 35.5. The Kier molecular flexibility index (Phi) is 6.61. The number of carbonyl (C=O) groups excluding carboxylic acids is 2. The summed E-state index contributed by atoms with van der Waals surface area (Å²) >= 11 is 9.57. The summed E-state index contributed by atoms with van der Waals surface area (Å²) in [5, 5.41) is 4.88. The summed E-state index contributed by atoms with van der Waals surface area (Å²) in [7, 11) is 0. The van der Waals surface area contributed by atoms with Crippen LogP contribution in [0.2, 0.25) is 5.02 Å². The van der Waals surface area contributed by atoms with Crippen LogP contribution in [0.4, 0.5) is 0 Å². The minimum absolute atomic E-state index is 0.110. The highest BCUT2D eigenvalue weighted by molar-refractivity contribution is 7.99. The zero-order valence-electron chi connectivity index (χ0n) is 19.6. The Morgan fingerprint density at radius 2 is 2.03 bits per heavy atom. The van der Waals surface area contributed by atoms with Crippen LogP contribution >= 0.6 is 34.7 Å². The van der Waals surface area contributed by atoms with E-state index in [9.17, 15) is 9.59 Å². The molecule has 6 nitrogen and oxygen atoms in total. The molecule has 1 aliphatic rings. The van der Waals surface area contributed by atoms with Gasteiger partial charge in [0.15, 0.2) is 0 Å². The molecule has 0 radical (unpaired) electrons. The van der Waals surface area contributed by atoms with Crippen molar-refractivity contribution in [2.24, 2.45) is 0 Å². The standard InChI is InChI=1S/C26H24ClN3O3S2/c1-14-5-4-6-17(9-14)24-23(29-16(3)35-24)26(32)30-13-34-12-18(30)11-28-25(31)22-19-10-15(2)33-21(19)8-7-20(22)27/h4-10,18H,11-13H2,1-3H3,(H,28,31)/t18-/m1/s1. The van der Waals surface area contributed by atoms with Gasteiger partial charge in [-0.25, -0.2) is 4.98 Å². The van der Waals surface area contributed by atoms with Gasteiger partial charge >= 0.3 is 0 Å². The summed E-state index contributed by atoms with van der Waals surface area (Å²) in [5.74, 6) is 1.61. The Bertz CT molecular complexity index is 1450. The second-order valence-electron chi connectivity index (χ2n) is 8.61. The number of hydrogen-bond acceptors (Lipinski definition) is 6. The van der Waals surface area contributed by atoms with Crippen molar-refractivity contribution >= 4 is 57.5 Å². The van der Waals surface area contributed by atoms with E-state index in [2.05, 4.69) is 16.4 Å². The molecule has 0 aliphatic carbocycles. The molecule has 35 heavy (non-hydrogen) atoms. The molecule has 5 rings (SSSR count). The molecule has 180 valence electrons. The molecule has 3 heterocycles. The van der Waals surface area contributed by atoms with Gasteiger partial charge in [-0.15, -0.1) is 23.1 Å². The van der Waals surface area contributed by atoms with E-state index in [1.807, 2.05) is 49.9 Å². The van der Waals surface area contributed by atoms with Crippen molar-refractivity contribution in [2.45, 2.75) is 26.8 Å². The number of nitrogens with one attached hydrogen (secondary N) is 1. The van der Waals surface area contributed by atoms with Gasteiger partial charge in [0, 0.05) is 17.7 Å². The summed E-state index contributed by atoms with van der Waals surface area (Å²) in [6.07, 6.45) is 0. The number of nitrogens with zero attached hydrogens (tertiary/aromatic N) is 2. The first-order valence-electron chi connectivity index (χ1n) is 11.2. The Morgan fingerprint density at radius 3 is 2.83 bits per heavy atom. The van der Waals surface area contributed by atoms with Gasteiger partial charge in [0.1, 0.15) is 17.0 Å². The maximum atomic E-state index is 13.6. The van der Waals surface area contributed by atoms with Crippen LogP contribution in [0.5, 0.6) is 0 Å². The average Bonchev–Trinajstić information content (AvgIpc) is 3.54. The number of rotatable bonds is 5. The van der Waals surface area contributed by atoms with Crippen LogP contribution in [0, 0.1) is 20.8 Å². The largest absolute Gasteiger partial charge is 0.461 e. The number of carbonyl (C=O) groups is 2. The van der Waals surface area contributed by atoms with Crippen LogP contribution in [0.1, 0.15) is 37.2 Å². The van der Waals surface area contributed by atoms with Gasteiger partial charge in [-0.2, -0.15) is 0 Å². The molecule has 0 spiro atoms. The third-order valence-electron chi connectivity index (χ3n) is 5.96. The van der Waals surface area contributed by atoms with E-state index in [-0.39, 0.29) is 17.9 Å². The number of hydrogen-bond donors (Lipinski definition) is 1. The van der Waals surface area contributed by atoms with Gasteiger partial charge < -0.3 is 14.6 Å². The van der Waals surface area contributed by atoms with Gasteiger partial charge in [-0.05, 0) is 44.5 Å². The predicted molar refractivity (Wildman–Crippen MR) is 143 cm³/mol. The molecule has 1 aliphatic heterocycles. The summed E-state index contributed by atoms with van der Waals surface area (Å²) < 4.78 is 5.65. The van der Waals surface area contributed by atoms with Crippen molar-refractivity contribution < 1.29 is 14.0 Å². The van der Waals surface area contributed by atoms with Crippen LogP contribution in [0.3, 0.4) is 0 Å². The molecule has 2 aromatic carbocycles. The Balaban J connectivity index is 1.35. The van der Waals surface area contributed by atoms with Crippen molar-refractivity contribution in [1.82, 2.24) is 15.2 Å². The van der Waals surface area contributed by atoms with E-state index in [1.165, 1.54) is 11.3 Å². The number of furan rings is 1. The van der Waals surface area contributed by atoms with Gasteiger partial charge in [0.05, 0.1) is 32.4 Å². The first-order valence-corrected chi connectivity index (χ1v) is 13.6. The van der Waals surface area contributed by atoms with Crippen LogP contribution in [0.25, 0.3) is 21.4 Å². The van der Waals surface area contributed by atoms with Crippen molar-refractivity contribution in [3.63, 3.8) is 0 Å². The number of thiazole rings is 1. The number of halogens is 1. The molecule has 0 unspecified atom stereocenters. The number of thioether (sulfide) groups is 1. The van der Waals surface area contributed by atoms with Crippen LogP contribution in [-0.4, -0.2) is 45.9 Å². The lowest BCUT2D eigenvalue weighted by atomic mass is 10.1. The lowest BCUT2D eigenvalue weighted by Gasteiger charge is -2.24. The molecular formula is C26H24ClN3O3S2. The molecule has 2 aromatic heterocycles. The zero-order chi connectivity index (χ0) is 24.7. The minimum atomic E-state index is -0.282. The van der Waals surface area contributed by atoms with Gasteiger partial charge in [0.25, 0.3) is 11.8 Å². The fourth-order valence-corrected chi connectivity index (χ4v) is 6.67. The number of aromatic nitrogens is 1. The SMILES string of the molecule is Cc1cccc(-c2sc(C)nc2C(=O)N2CSC[C@H]2CNC(=O)c2c(Cl)ccc3oc(C)cc23)c1. The first-order chi connectivity index (χ1) is 16.8. The maximum Gasteiger partial charge on any atom is 0.275 e. The molecular weight excluding hydrogens is 502 g/mol. The number of aryl methyl sites for hydroxylation is 3. The van der Waals surface area contributed by atoms with E-state index in [1.54, 1.807) is 23.9 Å². The molecule has 0 saturated carbocycles. The van der Waals surface area contributed by atoms with E-state index in [4.69, 9.17) is 16.0 Å². The average molecular weight is 526 g/mol. The highest BCUT2D eigenvalue weighted by Gasteiger charge is 2.33. The summed E-state index contributed by atoms with van der Waals surface area (Å²) in [4.78, 5) is 34.0. The summed E-state index contributed by atoms with van der Waals surface area (Å²) in [6, 6.07) is 13.2. The van der Waals surface area contributed by atoms with Crippen LogP contribution in [-0.2, 0) is 0 Å². The van der Waals surface area contributed by atoms with Crippen LogP contribution < -0.4 is 5.32 Å². The fraction of sp³-hybridized carbons (Fsp3) is 0.269. The first kappa shape index (κ1) is 23.9. The number of benzene rings is 2. The number of fused-ring (bicyclic) bond motifs is 1. The zero-order valence-corrected chi connectivity index (χ0v) is 21.9. The third-order valence-corrected chi connectivity index (χ3v) is 8.37. The topological polar surface area (TPSA) is 75.4 Å². The van der Waals surface area contributed by atoms with E-state index in [0.29, 0.717) is 45.4 Å². The Labute approximate surface area is 216 Å². The third kappa shape index (κ3) is 4.70. The van der Waals surface area contributed by atoms with Gasteiger partial charge in [-0.1, -0.05) is 41.4 Å². The normalized spacial score (nSPS) is 15.7. The van der Waals surface area contributed by atoms with Crippen molar-refractivity contribution in [2.75, 3.05) is 18.2 Å². The molecule has 1 atom stereocenters. The van der Waals surface area contributed by atoms with Crippen molar-refractivity contribution in [3.8, 4) is 10.4 Å². The van der Waals surface area contributed by atoms with E-state index in [0.717, 1.165) is 26.8 Å². The van der Waals surface area contributed by atoms with E-state index < -0.39 is 0 Å². The smallest absolute Gasteiger partial charge is 0.275 e. The molecule has 4 aromatic rings. The van der Waals surface area contributed by atoms with Gasteiger partial charge in [0.2, 0.25) is 0 Å². The molecule has 9 heteroatoms. The second-order valence-corrected chi connectivity index (χ2v) is 11.2. The van der Waals surface area contributed by atoms with Crippen LogP contribution in [0.15, 0.2) is 46.9 Å². The minimum Gasteiger partial charge on any atom is -0.461 e. The molecule has 0 bridgehead atoms. The molecule has 2 amide bonds. The lowest BCUT2D eigenvalue weighted by molar-refractivity contribution is 0.0732. The Hall–Kier alpha value is -2.81. The van der Waals surface area contributed by atoms with Crippen molar-refractivity contribution in [1.29, 1.82) is 0 Å². The fourth-order valence-electron chi connectivity index (χ4n) is 4.31. The number of amides is 2.